The van der Waals surface area contributed by atoms with Crippen molar-refractivity contribution in [3.05, 3.63) is 22.1 Å². The van der Waals surface area contributed by atoms with Crippen LogP contribution in [0.5, 0.6) is 0 Å². The molecule has 2 rings (SSSR count). The summed E-state index contributed by atoms with van der Waals surface area (Å²) in [6, 6.07) is 1.97. The van der Waals surface area contributed by atoms with Crippen LogP contribution >= 0.6 is 15.9 Å². The topological polar surface area (TPSA) is 64.7 Å². The number of aryl methyl sites for hydroxylation is 2. The van der Waals surface area contributed by atoms with Gasteiger partial charge in [0, 0.05) is 5.69 Å². The van der Waals surface area contributed by atoms with Gasteiger partial charge >= 0.3 is 0 Å². The van der Waals surface area contributed by atoms with E-state index in [-0.39, 0.29) is 0 Å². The highest BCUT2D eigenvalue weighted by Gasteiger charge is 2.07. The lowest BCUT2D eigenvalue weighted by Crippen LogP contribution is -1.99. The van der Waals surface area contributed by atoms with E-state index in [1.807, 2.05) is 19.9 Å². The van der Waals surface area contributed by atoms with Gasteiger partial charge in [0.05, 0.1) is 5.39 Å². The molecule has 0 spiro atoms. The number of rotatable bonds is 0. The second kappa shape index (κ2) is 3.16. The second-order valence-corrected chi connectivity index (χ2v) is 3.87. The summed E-state index contributed by atoms with van der Waals surface area (Å²) in [4.78, 5) is 12.5. The second-order valence-electron chi connectivity index (χ2n) is 3.16. The highest BCUT2D eigenvalue weighted by molar-refractivity contribution is 9.10. The zero-order valence-corrected chi connectivity index (χ0v) is 9.46. The third kappa shape index (κ3) is 1.43. The molecule has 0 saturated carbocycles. The maximum atomic E-state index is 5.79. The Morgan fingerprint density at radius 2 is 1.93 bits per heavy atom. The fourth-order valence-corrected chi connectivity index (χ4v) is 1.84. The Balaban J connectivity index is 2.94. The maximum absolute atomic E-state index is 5.79. The number of nitrogens with two attached hydrogens (primary N) is 1. The van der Waals surface area contributed by atoms with Crippen LogP contribution in [0.25, 0.3) is 11.0 Å². The van der Waals surface area contributed by atoms with Gasteiger partial charge in [-0.15, -0.1) is 0 Å². The molecule has 0 aromatic carbocycles. The maximum Gasteiger partial charge on any atom is 0.200 e. The van der Waals surface area contributed by atoms with Crippen LogP contribution in [0.2, 0.25) is 0 Å². The molecule has 2 aromatic heterocycles. The standard InChI is InChI=1S/C9H9BrN4/c1-4-3-5(2)12-8-6(4)7(11)13-9(10)14-8/h3H,1-2H3,(H2,11,12,13,14). The van der Waals surface area contributed by atoms with E-state index in [4.69, 9.17) is 5.73 Å². The molecule has 0 bridgehead atoms. The number of hydrogen-bond acceptors (Lipinski definition) is 4. The van der Waals surface area contributed by atoms with Crippen LogP contribution in [0.1, 0.15) is 11.3 Å². The Labute approximate surface area is 89.7 Å². The van der Waals surface area contributed by atoms with Crippen molar-refractivity contribution in [1.82, 2.24) is 15.0 Å². The summed E-state index contributed by atoms with van der Waals surface area (Å²) < 4.78 is 0.472. The van der Waals surface area contributed by atoms with Gasteiger partial charge in [-0.1, -0.05) is 0 Å². The number of pyridine rings is 1. The molecule has 2 heterocycles. The van der Waals surface area contributed by atoms with Crippen LogP contribution in [0.4, 0.5) is 5.82 Å². The van der Waals surface area contributed by atoms with Gasteiger partial charge in [0.15, 0.2) is 5.65 Å². The van der Waals surface area contributed by atoms with Crippen molar-refractivity contribution in [3.8, 4) is 0 Å². The highest BCUT2D eigenvalue weighted by Crippen LogP contribution is 2.22. The summed E-state index contributed by atoms with van der Waals surface area (Å²) in [7, 11) is 0. The molecule has 0 aliphatic rings. The van der Waals surface area contributed by atoms with Crippen LogP contribution in [0, 0.1) is 13.8 Å². The molecule has 0 aliphatic carbocycles. The summed E-state index contributed by atoms with van der Waals surface area (Å²) in [5, 5.41) is 0.832. The quantitative estimate of drug-likeness (QED) is 0.729. The Hall–Kier alpha value is -1.23. The van der Waals surface area contributed by atoms with E-state index in [1.54, 1.807) is 0 Å². The van der Waals surface area contributed by atoms with Gasteiger partial charge in [0.2, 0.25) is 4.73 Å². The number of fused-ring (bicyclic) bond motifs is 1. The van der Waals surface area contributed by atoms with Crippen LogP contribution in [0.3, 0.4) is 0 Å². The lowest BCUT2D eigenvalue weighted by atomic mass is 10.1. The Bertz CT molecular complexity index is 467. The van der Waals surface area contributed by atoms with Crippen molar-refractivity contribution >= 4 is 32.8 Å². The molecule has 0 amide bonds. The summed E-state index contributed by atoms with van der Waals surface area (Å²) >= 11 is 3.19. The van der Waals surface area contributed by atoms with E-state index in [1.165, 1.54) is 0 Å². The van der Waals surface area contributed by atoms with E-state index in [0.29, 0.717) is 16.2 Å². The third-order valence-corrected chi connectivity index (χ3v) is 2.35. The number of hydrogen-bond donors (Lipinski definition) is 1. The van der Waals surface area contributed by atoms with Crippen molar-refractivity contribution in [3.63, 3.8) is 0 Å². The average Bonchev–Trinajstić information content (AvgIpc) is 1.99. The predicted octanol–water partition coefficient (Wildman–Crippen LogP) is 1.99. The van der Waals surface area contributed by atoms with E-state index < -0.39 is 0 Å². The first-order valence-electron chi connectivity index (χ1n) is 4.15. The molecule has 0 radical (unpaired) electrons. The SMILES string of the molecule is Cc1cc(C)c2c(N)nc(Br)nc2n1. The average molecular weight is 253 g/mol. The fraction of sp³-hybridized carbons (Fsp3) is 0.222. The minimum absolute atomic E-state index is 0.465. The van der Waals surface area contributed by atoms with Crippen molar-refractivity contribution < 1.29 is 0 Å². The molecule has 0 aliphatic heterocycles. The molecule has 0 saturated heterocycles. The monoisotopic (exact) mass is 252 g/mol. The molecule has 14 heavy (non-hydrogen) atoms. The molecule has 5 heteroatoms. The van der Waals surface area contributed by atoms with E-state index >= 15 is 0 Å². The van der Waals surface area contributed by atoms with E-state index in [9.17, 15) is 0 Å². The lowest BCUT2D eigenvalue weighted by Gasteiger charge is -2.05. The van der Waals surface area contributed by atoms with Gasteiger partial charge in [-0.05, 0) is 41.4 Å². The number of nitrogen functional groups attached to an aromatic ring is 1. The Morgan fingerprint density at radius 3 is 2.64 bits per heavy atom. The first-order valence-corrected chi connectivity index (χ1v) is 4.94. The van der Waals surface area contributed by atoms with Gasteiger partial charge in [0.1, 0.15) is 5.82 Å². The first-order chi connectivity index (χ1) is 6.58. The zero-order chi connectivity index (χ0) is 10.3. The molecule has 0 atom stereocenters. The van der Waals surface area contributed by atoms with E-state index in [2.05, 4.69) is 30.9 Å². The number of aromatic nitrogens is 3. The summed E-state index contributed by atoms with van der Waals surface area (Å²) in [6.07, 6.45) is 0. The molecule has 0 unspecified atom stereocenters. The largest absolute Gasteiger partial charge is 0.383 e. The van der Waals surface area contributed by atoms with Crippen LogP contribution < -0.4 is 5.73 Å². The van der Waals surface area contributed by atoms with E-state index in [0.717, 1.165) is 16.6 Å². The number of anilines is 1. The van der Waals surface area contributed by atoms with Gasteiger partial charge in [-0.2, -0.15) is 0 Å². The molecular weight excluding hydrogens is 244 g/mol. The minimum Gasteiger partial charge on any atom is -0.383 e. The van der Waals surface area contributed by atoms with Crippen LogP contribution in [0.15, 0.2) is 10.8 Å². The summed E-state index contributed by atoms with van der Waals surface area (Å²) in [6.45, 7) is 3.91. The first kappa shape index (κ1) is 9.33. The molecule has 2 aromatic rings. The third-order valence-electron chi connectivity index (χ3n) is 1.99. The Kier molecular flexibility index (Phi) is 2.11. The van der Waals surface area contributed by atoms with Gasteiger partial charge in [0.25, 0.3) is 0 Å². The van der Waals surface area contributed by atoms with Crippen molar-refractivity contribution in [2.45, 2.75) is 13.8 Å². The zero-order valence-electron chi connectivity index (χ0n) is 7.87. The normalized spacial score (nSPS) is 10.8. The minimum atomic E-state index is 0.465. The van der Waals surface area contributed by atoms with Crippen molar-refractivity contribution in [2.24, 2.45) is 0 Å². The number of nitrogens with zero attached hydrogens (tertiary/aromatic N) is 3. The van der Waals surface area contributed by atoms with Gasteiger partial charge < -0.3 is 5.73 Å². The molecule has 72 valence electrons. The molecular formula is C9H9BrN4. The predicted molar refractivity (Wildman–Crippen MR) is 58.9 cm³/mol. The van der Waals surface area contributed by atoms with Crippen LogP contribution in [-0.2, 0) is 0 Å². The molecule has 2 N–H and O–H groups in total. The van der Waals surface area contributed by atoms with Crippen LogP contribution in [-0.4, -0.2) is 15.0 Å². The summed E-state index contributed by atoms with van der Waals surface area (Å²) in [5.41, 5.74) is 8.41. The summed E-state index contributed by atoms with van der Waals surface area (Å²) in [5.74, 6) is 0.465. The molecule has 4 nitrogen and oxygen atoms in total. The van der Waals surface area contributed by atoms with Gasteiger partial charge in [-0.3, -0.25) is 0 Å². The molecule has 0 fully saturated rings. The van der Waals surface area contributed by atoms with Crippen molar-refractivity contribution in [1.29, 1.82) is 0 Å². The smallest absolute Gasteiger partial charge is 0.200 e. The van der Waals surface area contributed by atoms with Crippen molar-refractivity contribution in [2.75, 3.05) is 5.73 Å². The fourth-order valence-electron chi connectivity index (χ4n) is 1.48. The Morgan fingerprint density at radius 1 is 1.21 bits per heavy atom. The van der Waals surface area contributed by atoms with Gasteiger partial charge in [-0.25, -0.2) is 15.0 Å². The number of halogens is 1. The lowest BCUT2D eigenvalue weighted by molar-refractivity contribution is 1.11. The highest BCUT2D eigenvalue weighted by atomic mass is 79.9.